The molecule has 1 saturated carbocycles. The van der Waals surface area contributed by atoms with Crippen LogP contribution >= 0.6 is 11.6 Å². The Morgan fingerprint density at radius 2 is 1.89 bits per heavy atom. The van der Waals surface area contributed by atoms with Gasteiger partial charge in [-0.3, -0.25) is 0 Å². The van der Waals surface area contributed by atoms with Crippen LogP contribution in [0.25, 0.3) is 0 Å². The zero-order valence-electron chi connectivity index (χ0n) is 11.4. The van der Waals surface area contributed by atoms with Gasteiger partial charge in [0, 0.05) is 13.1 Å². The molecule has 2 atom stereocenters. The summed E-state index contributed by atoms with van der Waals surface area (Å²) >= 11 is 6.20. The smallest absolute Gasteiger partial charge is 0.147 e. The fraction of sp³-hybridized carbons (Fsp3) is 0.600. The lowest BCUT2D eigenvalue weighted by Crippen LogP contribution is -2.23. The summed E-state index contributed by atoms with van der Waals surface area (Å²) in [5, 5.41) is 10.0. The van der Waals surface area contributed by atoms with E-state index < -0.39 is 0 Å². The Labute approximate surface area is 119 Å². The molecule has 2 fully saturated rings. The summed E-state index contributed by atoms with van der Waals surface area (Å²) < 4.78 is 0. The summed E-state index contributed by atoms with van der Waals surface area (Å²) in [6.45, 7) is 5.92. The third kappa shape index (κ3) is 1.99. The van der Waals surface area contributed by atoms with Gasteiger partial charge in [-0.25, -0.2) is 4.98 Å². The fourth-order valence-corrected chi connectivity index (χ4v) is 3.72. The molecular weight excluding hydrogens is 258 g/mol. The number of nitrogens with zero attached hydrogens (tertiary/aromatic N) is 3. The van der Waals surface area contributed by atoms with Gasteiger partial charge in [-0.1, -0.05) is 18.0 Å². The van der Waals surface area contributed by atoms with E-state index in [1.165, 1.54) is 19.3 Å². The molecule has 1 aliphatic heterocycles. The predicted octanol–water partition coefficient (Wildman–Crippen LogP) is 3.46. The van der Waals surface area contributed by atoms with Gasteiger partial charge < -0.3 is 4.90 Å². The lowest BCUT2D eigenvalue weighted by molar-refractivity contribution is 0.494. The minimum Gasteiger partial charge on any atom is -0.355 e. The molecule has 0 amide bonds. The summed E-state index contributed by atoms with van der Waals surface area (Å²) in [5.41, 5.74) is 2.34. The van der Waals surface area contributed by atoms with Crippen LogP contribution in [-0.4, -0.2) is 18.1 Å². The van der Waals surface area contributed by atoms with Crippen LogP contribution in [0.3, 0.4) is 0 Å². The Hall–Kier alpha value is -1.27. The van der Waals surface area contributed by atoms with Gasteiger partial charge in [-0.2, -0.15) is 5.26 Å². The van der Waals surface area contributed by atoms with Gasteiger partial charge in [0.1, 0.15) is 11.9 Å². The first-order valence-corrected chi connectivity index (χ1v) is 7.31. The van der Waals surface area contributed by atoms with Gasteiger partial charge in [0.15, 0.2) is 0 Å². The number of hydrogen-bond acceptors (Lipinski definition) is 3. The highest BCUT2D eigenvalue weighted by Gasteiger charge is 2.37. The third-order valence-electron chi connectivity index (χ3n) is 4.66. The van der Waals surface area contributed by atoms with E-state index in [-0.39, 0.29) is 0 Å². The van der Waals surface area contributed by atoms with Gasteiger partial charge in [0.05, 0.1) is 16.3 Å². The highest BCUT2D eigenvalue weighted by Crippen LogP contribution is 2.40. The van der Waals surface area contributed by atoms with Gasteiger partial charge in [-0.15, -0.1) is 0 Å². The van der Waals surface area contributed by atoms with Crippen molar-refractivity contribution < 1.29 is 0 Å². The number of rotatable bonds is 1. The van der Waals surface area contributed by atoms with Crippen molar-refractivity contribution in [1.82, 2.24) is 4.98 Å². The van der Waals surface area contributed by atoms with E-state index in [0.717, 1.165) is 42.0 Å². The Morgan fingerprint density at radius 1 is 1.26 bits per heavy atom. The molecule has 2 unspecified atom stereocenters. The third-order valence-corrected chi connectivity index (χ3v) is 5.21. The maximum absolute atomic E-state index is 9.40. The molecule has 1 aliphatic carbocycles. The molecule has 0 spiro atoms. The van der Waals surface area contributed by atoms with Crippen LogP contribution in [0.1, 0.15) is 36.1 Å². The van der Waals surface area contributed by atoms with Crippen molar-refractivity contribution >= 4 is 17.4 Å². The molecule has 3 rings (SSSR count). The molecule has 0 aromatic carbocycles. The number of anilines is 1. The largest absolute Gasteiger partial charge is 0.355 e. The number of nitriles is 1. The fourth-order valence-electron chi connectivity index (χ4n) is 3.58. The van der Waals surface area contributed by atoms with Crippen molar-refractivity contribution in [3.63, 3.8) is 0 Å². The second-order valence-corrected chi connectivity index (χ2v) is 6.18. The van der Waals surface area contributed by atoms with Gasteiger partial charge in [0.25, 0.3) is 0 Å². The molecule has 2 heterocycles. The first-order valence-electron chi connectivity index (χ1n) is 6.93. The average Bonchev–Trinajstić information content (AvgIpc) is 2.96. The Morgan fingerprint density at radius 3 is 2.47 bits per heavy atom. The molecule has 100 valence electrons. The molecule has 1 aromatic heterocycles. The lowest BCUT2D eigenvalue weighted by Gasteiger charge is -2.21. The topological polar surface area (TPSA) is 39.9 Å². The molecule has 4 heteroatoms. The number of aromatic nitrogens is 1. The van der Waals surface area contributed by atoms with Crippen molar-refractivity contribution in [2.75, 3.05) is 18.0 Å². The Bertz CT molecular complexity index is 549. The Balaban J connectivity index is 2.00. The van der Waals surface area contributed by atoms with E-state index in [1.807, 2.05) is 13.8 Å². The molecule has 0 N–H and O–H groups in total. The van der Waals surface area contributed by atoms with E-state index in [9.17, 15) is 5.26 Å². The van der Waals surface area contributed by atoms with Crippen molar-refractivity contribution in [3.8, 4) is 6.07 Å². The summed E-state index contributed by atoms with van der Waals surface area (Å²) in [6, 6.07) is 2.29. The van der Waals surface area contributed by atoms with E-state index in [2.05, 4.69) is 16.0 Å². The monoisotopic (exact) mass is 275 g/mol. The molecule has 2 aliphatic rings. The van der Waals surface area contributed by atoms with E-state index >= 15 is 0 Å². The van der Waals surface area contributed by atoms with Crippen molar-refractivity contribution in [3.05, 3.63) is 21.8 Å². The van der Waals surface area contributed by atoms with Gasteiger partial charge in [-0.05, 0) is 44.1 Å². The highest BCUT2D eigenvalue weighted by molar-refractivity contribution is 6.32. The van der Waals surface area contributed by atoms with E-state index in [1.54, 1.807) is 0 Å². The second-order valence-electron chi connectivity index (χ2n) is 5.80. The molecule has 1 saturated heterocycles. The van der Waals surface area contributed by atoms with Crippen molar-refractivity contribution in [1.29, 1.82) is 5.26 Å². The molecule has 0 bridgehead atoms. The number of pyridine rings is 1. The van der Waals surface area contributed by atoms with Gasteiger partial charge >= 0.3 is 0 Å². The number of halogens is 1. The number of aryl methyl sites for hydroxylation is 1. The second kappa shape index (κ2) is 4.68. The lowest BCUT2D eigenvalue weighted by atomic mass is 10.0. The SMILES string of the molecule is Cc1nc(N2CC3CCCC3C2)c(C#N)c(C)c1Cl. The molecule has 19 heavy (non-hydrogen) atoms. The number of hydrogen-bond donors (Lipinski definition) is 0. The molecule has 3 nitrogen and oxygen atoms in total. The normalized spacial score (nSPS) is 25.5. The van der Waals surface area contributed by atoms with Crippen LogP contribution < -0.4 is 4.90 Å². The summed E-state index contributed by atoms with van der Waals surface area (Å²) in [4.78, 5) is 6.88. The maximum Gasteiger partial charge on any atom is 0.147 e. The standard InChI is InChI=1S/C15H18ClN3/c1-9-13(6-17)15(18-10(2)14(9)16)19-7-11-4-3-5-12(11)8-19/h11-12H,3-5,7-8H2,1-2H3. The highest BCUT2D eigenvalue weighted by atomic mass is 35.5. The first kappa shape index (κ1) is 12.7. The summed E-state index contributed by atoms with van der Waals surface area (Å²) in [5.74, 6) is 2.44. The van der Waals surface area contributed by atoms with Crippen molar-refractivity contribution in [2.45, 2.75) is 33.1 Å². The zero-order chi connectivity index (χ0) is 13.6. The quantitative estimate of drug-likeness (QED) is 0.788. The van der Waals surface area contributed by atoms with Crippen LogP contribution in [0, 0.1) is 37.0 Å². The van der Waals surface area contributed by atoms with Crippen LogP contribution in [0.2, 0.25) is 5.02 Å². The summed E-state index contributed by atoms with van der Waals surface area (Å²) in [7, 11) is 0. The maximum atomic E-state index is 9.40. The average molecular weight is 276 g/mol. The van der Waals surface area contributed by atoms with Gasteiger partial charge in [0.2, 0.25) is 0 Å². The Kier molecular flexibility index (Phi) is 3.14. The first-order chi connectivity index (χ1) is 9.11. The van der Waals surface area contributed by atoms with E-state index in [4.69, 9.17) is 11.6 Å². The minimum absolute atomic E-state index is 0.625. The molecule has 1 aromatic rings. The van der Waals surface area contributed by atoms with Crippen LogP contribution in [0.15, 0.2) is 0 Å². The van der Waals surface area contributed by atoms with Crippen LogP contribution in [0.5, 0.6) is 0 Å². The van der Waals surface area contributed by atoms with Crippen LogP contribution in [-0.2, 0) is 0 Å². The zero-order valence-corrected chi connectivity index (χ0v) is 12.2. The summed E-state index contributed by atoms with van der Waals surface area (Å²) in [6.07, 6.45) is 4.02. The van der Waals surface area contributed by atoms with E-state index in [0.29, 0.717) is 10.6 Å². The number of fused-ring (bicyclic) bond motifs is 1. The molecule has 0 radical (unpaired) electrons. The van der Waals surface area contributed by atoms with Crippen LogP contribution in [0.4, 0.5) is 5.82 Å². The minimum atomic E-state index is 0.625. The predicted molar refractivity (Wildman–Crippen MR) is 76.5 cm³/mol. The molecular formula is C15H18ClN3. The van der Waals surface area contributed by atoms with Crippen molar-refractivity contribution in [2.24, 2.45) is 11.8 Å².